The number of hydrogen-bond acceptors (Lipinski definition) is 5. The van der Waals surface area contributed by atoms with Crippen LogP contribution in [-0.4, -0.2) is 34.9 Å². The van der Waals surface area contributed by atoms with E-state index < -0.39 is 18.0 Å². The molecule has 1 N–H and O–H groups in total. The van der Waals surface area contributed by atoms with Crippen molar-refractivity contribution in [2.75, 3.05) is 12.4 Å². The topological polar surface area (TPSA) is 82.5 Å². The standard InChI is InChI=1S/C20H19N3O4/c1-14(19(24)22-17-6-3-4-7-18(17)26-2)27-20(25)15-8-10-16(11-9-15)23-13-5-12-21-23/h3-14H,1-2H3,(H,22,24)/t14-/m1/s1. The van der Waals surface area contributed by atoms with Gasteiger partial charge in [-0.3, -0.25) is 4.79 Å². The SMILES string of the molecule is COc1ccccc1NC(=O)[C@@H](C)OC(=O)c1ccc(-n2cccn2)cc1. The van der Waals surface area contributed by atoms with E-state index in [4.69, 9.17) is 9.47 Å². The molecule has 1 amide bonds. The number of carbonyl (C=O) groups is 2. The first kappa shape index (κ1) is 18.2. The molecule has 0 aliphatic rings. The molecule has 7 heteroatoms. The van der Waals surface area contributed by atoms with Gasteiger partial charge < -0.3 is 14.8 Å². The van der Waals surface area contributed by atoms with E-state index in [1.165, 1.54) is 14.0 Å². The monoisotopic (exact) mass is 365 g/mol. The average molecular weight is 365 g/mol. The number of nitrogens with zero attached hydrogens (tertiary/aromatic N) is 2. The fourth-order valence-electron chi connectivity index (χ4n) is 2.44. The lowest BCUT2D eigenvalue weighted by Gasteiger charge is -2.15. The highest BCUT2D eigenvalue weighted by Crippen LogP contribution is 2.23. The Labute approximate surface area is 156 Å². The number of hydrogen-bond donors (Lipinski definition) is 1. The Morgan fingerprint density at radius 1 is 1.07 bits per heavy atom. The first-order valence-electron chi connectivity index (χ1n) is 8.33. The number of para-hydroxylation sites is 2. The summed E-state index contributed by atoms with van der Waals surface area (Å²) in [7, 11) is 1.52. The van der Waals surface area contributed by atoms with Gasteiger partial charge in [0.1, 0.15) is 5.75 Å². The number of anilines is 1. The molecule has 1 heterocycles. The predicted octanol–water partition coefficient (Wildman–Crippen LogP) is 3.06. The minimum Gasteiger partial charge on any atom is -0.495 e. The Morgan fingerprint density at radius 2 is 1.81 bits per heavy atom. The minimum absolute atomic E-state index is 0.350. The lowest BCUT2D eigenvalue weighted by Crippen LogP contribution is -2.30. The highest BCUT2D eigenvalue weighted by Gasteiger charge is 2.20. The molecule has 1 atom stereocenters. The maximum absolute atomic E-state index is 12.3. The van der Waals surface area contributed by atoms with Gasteiger partial charge in [-0.05, 0) is 49.4 Å². The molecule has 3 rings (SSSR count). The van der Waals surface area contributed by atoms with Crippen LogP contribution in [0.2, 0.25) is 0 Å². The van der Waals surface area contributed by atoms with Crippen LogP contribution in [0.4, 0.5) is 5.69 Å². The molecule has 0 unspecified atom stereocenters. The van der Waals surface area contributed by atoms with Crippen molar-refractivity contribution >= 4 is 17.6 Å². The molecule has 1 aromatic heterocycles. The molecule has 0 bridgehead atoms. The summed E-state index contributed by atoms with van der Waals surface area (Å²) in [5, 5.41) is 6.82. The van der Waals surface area contributed by atoms with Crippen molar-refractivity contribution in [3.05, 3.63) is 72.6 Å². The number of esters is 1. The number of aromatic nitrogens is 2. The van der Waals surface area contributed by atoms with Gasteiger partial charge in [0.05, 0.1) is 24.0 Å². The van der Waals surface area contributed by atoms with E-state index in [-0.39, 0.29) is 0 Å². The zero-order valence-electron chi connectivity index (χ0n) is 15.0. The number of nitrogens with one attached hydrogen (secondary N) is 1. The molecule has 7 nitrogen and oxygen atoms in total. The van der Waals surface area contributed by atoms with Crippen LogP contribution >= 0.6 is 0 Å². The van der Waals surface area contributed by atoms with Crippen molar-refractivity contribution in [1.82, 2.24) is 9.78 Å². The zero-order valence-corrected chi connectivity index (χ0v) is 15.0. The summed E-state index contributed by atoms with van der Waals surface area (Å²) in [5.74, 6) is -0.496. The Balaban J connectivity index is 1.62. The van der Waals surface area contributed by atoms with Crippen LogP contribution in [0.15, 0.2) is 67.0 Å². The van der Waals surface area contributed by atoms with E-state index in [1.807, 2.05) is 6.07 Å². The van der Waals surface area contributed by atoms with Crippen LogP contribution in [-0.2, 0) is 9.53 Å². The Hall–Kier alpha value is -3.61. The van der Waals surface area contributed by atoms with Gasteiger partial charge in [-0.25, -0.2) is 9.48 Å². The number of benzene rings is 2. The quantitative estimate of drug-likeness (QED) is 0.679. The number of rotatable bonds is 6. The summed E-state index contributed by atoms with van der Waals surface area (Å²) in [6.45, 7) is 1.51. The molecular formula is C20H19N3O4. The van der Waals surface area contributed by atoms with Gasteiger partial charge in [0.15, 0.2) is 6.10 Å². The molecule has 0 fully saturated rings. The van der Waals surface area contributed by atoms with Crippen LogP contribution in [0.25, 0.3) is 5.69 Å². The van der Waals surface area contributed by atoms with E-state index in [9.17, 15) is 9.59 Å². The molecule has 0 aliphatic heterocycles. The van der Waals surface area contributed by atoms with Crippen molar-refractivity contribution in [2.45, 2.75) is 13.0 Å². The molecule has 138 valence electrons. The van der Waals surface area contributed by atoms with Gasteiger partial charge in [-0.15, -0.1) is 0 Å². The van der Waals surface area contributed by atoms with E-state index >= 15 is 0 Å². The third-order valence-corrected chi connectivity index (χ3v) is 3.89. The van der Waals surface area contributed by atoms with Gasteiger partial charge >= 0.3 is 5.97 Å². The first-order chi connectivity index (χ1) is 13.1. The smallest absolute Gasteiger partial charge is 0.338 e. The largest absolute Gasteiger partial charge is 0.495 e. The van der Waals surface area contributed by atoms with Crippen LogP contribution in [0.5, 0.6) is 5.75 Å². The fourth-order valence-corrected chi connectivity index (χ4v) is 2.44. The average Bonchev–Trinajstić information content (AvgIpc) is 3.23. The maximum atomic E-state index is 12.3. The normalized spacial score (nSPS) is 11.5. The van der Waals surface area contributed by atoms with Gasteiger partial charge in [0.25, 0.3) is 5.91 Å². The van der Waals surface area contributed by atoms with Crippen molar-refractivity contribution in [3.63, 3.8) is 0 Å². The molecule has 0 saturated carbocycles. The lowest BCUT2D eigenvalue weighted by molar-refractivity contribution is -0.123. The highest BCUT2D eigenvalue weighted by atomic mass is 16.5. The summed E-state index contributed by atoms with van der Waals surface area (Å²) in [6, 6.07) is 15.6. The summed E-state index contributed by atoms with van der Waals surface area (Å²) in [4.78, 5) is 24.6. The van der Waals surface area contributed by atoms with Crippen LogP contribution in [0, 0.1) is 0 Å². The number of ether oxygens (including phenoxy) is 2. The Bertz CT molecular complexity index is 921. The van der Waals surface area contributed by atoms with Gasteiger partial charge in [-0.2, -0.15) is 5.10 Å². The van der Waals surface area contributed by atoms with Crippen molar-refractivity contribution in [1.29, 1.82) is 0 Å². The fraction of sp³-hybridized carbons (Fsp3) is 0.150. The molecular weight excluding hydrogens is 346 g/mol. The summed E-state index contributed by atoms with van der Waals surface area (Å²) in [5.41, 5.74) is 1.68. The highest BCUT2D eigenvalue weighted by molar-refractivity contribution is 5.98. The van der Waals surface area contributed by atoms with Gasteiger partial charge in [0.2, 0.25) is 0 Å². The van der Waals surface area contributed by atoms with E-state index in [0.29, 0.717) is 17.0 Å². The van der Waals surface area contributed by atoms with Gasteiger partial charge in [-0.1, -0.05) is 12.1 Å². The molecule has 27 heavy (non-hydrogen) atoms. The number of methoxy groups -OCH3 is 1. The van der Waals surface area contributed by atoms with E-state index in [0.717, 1.165) is 5.69 Å². The van der Waals surface area contributed by atoms with Gasteiger partial charge in [0, 0.05) is 12.4 Å². The first-order valence-corrected chi connectivity index (χ1v) is 8.33. The maximum Gasteiger partial charge on any atom is 0.338 e. The van der Waals surface area contributed by atoms with Crippen LogP contribution < -0.4 is 10.1 Å². The summed E-state index contributed by atoms with van der Waals surface area (Å²) < 4.78 is 12.1. The second-order valence-corrected chi connectivity index (χ2v) is 5.73. The molecule has 0 aliphatic carbocycles. The van der Waals surface area contributed by atoms with Crippen molar-refractivity contribution in [3.8, 4) is 11.4 Å². The van der Waals surface area contributed by atoms with E-state index in [2.05, 4.69) is 10.4 Å². The Kier molecular flexibility index (Phi) is 5.51. The summed E-state index contributed by atoms with van der Waals surface area (Å²) >= 11 is 0. The molecule has 3 aromatic rings. The molecule has 0 saturated heterocycles. The molecule has 2 aromatic carbocycles. The van der Waals surface area contributed by atoms with E-state index in [1.54, 1.807) is 65.6 Å². The predicted molar refractivity (Wildman–Crippen MR) is 100 cm³/mol. The number of amides is 1. The van der Waals surface area contributed by atoms with Crippen LogP contribution in [0.1, 0.15) is 17.3 Å². The van der Waals surface area contributed by atoms with Crippen LogP contribution in [0.3, 0.4) is 0 Å². The zero-order chi connectivity index (χ0) is 19.2. The lowest BCUT2D eigenvalue weighted by atomic mass is 10.2. The van der Waals surface area contributed by atoms with Crippen molar-refractivity contribution < 1.29 is 19.1 Å². The van der Waals surface area contributed by atoms with Crippen molar-refractivity contribution in [2.24, 2.45) is 0 Å². The number of carbonyl (C=O) groups excluding carboxylic acids is 2. The second kappa shape index (κ2) is 8.18. The molecule has 0 radical (unpaired) electrons. The third-order valence-electron chi connectivity index (χ3n) is 3.89. The Morgan fingerprint density at radius 3 is 2.48 bits per heavy atom. The third kappa shape index (κ3) is 4.33. The minimum atomic E-state index is -0.965. The molecule has 0 spiro atoms. The second-order valence-electron chi connectivity index (χ2n) is 5.73. The summed E-state index contributed by atoms with van der Waals surface area (Å²) in [6.07, 6.45) is 2.51.